The number of carboxylic acids is 2. The molecule has 4 rings (SSSR count). The standard InChI is InChI=1S/C32H26F3N3O8S/c1-38(2)27(41)23-15-18(16-25(39)46-17-31(29(42)43,30(44)45)28-36-13-14-47-28)7-12-24(23)37-26(40)22-6-4-3-5-21(22)19-8-10-20(11-9-19)32(33,34)35/h3-15H,16-17H2,1-2H3,(H,37,40)(H,42,43)(H,44,45). The van der Waals surface area contributed by atoms with Crippen LogP contribution in [0.5, 0.6) is 0 Å². The molecular weight excluding hydrogens is 643 g/mol. The third-order valence-corrected chi connectivity index (χ3v) is 7.92. The molecule has 0 saturated heterocycles. The van der Waals surface area contributed by atoms with Crippen LogP contribution in [0.2, 0.25) is 0 Å². The molecule has 4 aromatic rings. The number of ether oxygens (including phenoxy) is 1. The largest absolute Gasteiger partial charge is 0.480 e. The molecule has 0 aliphatic carbocycles. The second-order valence-corrected chi connectivity index (χ2v) is 11.2. The molecule has 3 N–H and O–H groups in total. The Bertz CT molecular complexity index is 1810. The lowest BCUT2D eigenvalue weighted by Gasteiger charge is -2.22. The zero-order valence-electron chi connectivity index (χ0n) is 24.7. The molecule has 11 nitrogen and oxygen atoms in total. The first-order chi connectivity index (χ1) is 22.1. The maximum Gasteiger partial charge on any atom is 0.416 e. The van der Waals surface area contributed by atoms with Crippen LogP contribution in [-0.4, -0.2) is 70.5 Å². The highest BCUT2D eigenvalue weighted by molar-refractivity contribution is 7.10. The van der Waals surface area contributed by atoms with E-state index in [0.717, 1.165) is 23.5 Å². The predicted molar refractivity (Wildman–Crippen MR) is 163 cm³/mol. The molecule has 0 saturated carbocycles. The van der Waals surface area contributed by atoms with Crippen LogP contribution in [0.15, 0.2) is 78.3 Å². The van der Waals surface area contributed by atoms with Crippen molar-refractivity contribution in [2.24, 2.45) is 0 Å². The smallest absolute Gasteiger partial charge is 0.416 e. The number of esters is 1. The number of nitrogens with one attached hydrogen (secondary N) is 1. The van der Waals surface area contributed by atoms with Crippen LogP contribution in [0.4, 0.5) is 18.9 Å². The summed E-state index contributed by atoms with van der Waals surface area (Å²) >= 11 is 0.774. The van der Waals surface area contributed by atoms with E-state index in [1.807, 2.05) is 0 Å². The molecule has 1 aromatic heterocycles. The number of hydrogen-bond acceptors (Lipinski definition) is 8. The van der Waals surface area contributed by atoms with E-state index < -0.39 is 59.9 Å². The van der Waals surface area contributed by atoms with E-state index >= 15 is 0 Å². The number of carbonyl (C=O) groups excluding carboxylic acids is 3. The van der Waals surface area contributed by atoms with E-state index in [1.54, 1.807) is 18.2 Å². The zero-order valence-corrected chi connectivity index (χ0v) is 25.5. The molecule has 244 valence electrons. The van der Waals surface area contributed by atoms with E-state index in [4.69, 9.17) is 4.74 Å². The van der Waals surface area contributed by atoms with Crippen molar-refractivity contribution >= 4 is 46.7 Å². The second-order valence-electron chi connectivity index (χ2n) is 10.3. The van der Waals surface area contributed by atoms with Crippen LogP contribution >= 0.6 is 11.3 Å². The average Bonchev–Trinajstić information content (AvgIpc) is 3.56. The summed E-state index contributed by atoms with van der Waals surface area (Å²) in [7, 11) is 2.93. The molecule has 0 spiro atoms. The Morgan fingerprint density at radius 3 is 2.15 bits per heavy atom. The normalized spacial score (nSPS) is 11.4. The fraction of sp³-hybridized carbons (Fsp3) is 0.188. The van der Waals surface area contributed by atoms with Gasteiger partial charge in [-0.1, -0.05) is 36.4 Å². The number of carbonyl (C=O) groups is 5. The van der Waals surface area contributed by atoms with Gasteiger partial charge in [0.2, 0.25) is 5.41 Å². The van der Waals surface area contributed by atoms with E-state index in [-0.39, 0.29) is 27.4 Å². The Kier molecular flexibility index (Phi) is 10.1. The molecule has 3 aromatic carbocycles. The highest BCUT2D eigenvalue weighted by Gasteiger charge is 2.52. The van der Waals surface area contributed by atoms with Gasteiger partial charge in [0.15, 0.2) is 0 Å². The number of aliphatic carboxylic acids is 2. The number of thiazole rings is 1. The summed E-state index contributed by atoms with van der Waals surface area (Å²) in [5.41, 5.74) is -2.39. The minimum Gasteiger partial charge on any atom is -0.480 e. The Labute approximate surface area is 269 Å². The van der Waals surface area contributed by atoms with E-state index in [2.05, 4.69) is 10.3 Å². The minimum absolute atomic E-state index is 0.0196. The predicted octanol–water partition coefficient (Wildman–Crippen LogP) is 4.98. The van der Waals surface area contributed by atoms with E-state index in [9.17, 15) is 47.4 Å². The number of alkyl halides is 3. The molecule has 1 heterocycles. The van der Waals surface area contributed by atoms with Gasteiger partial charge in [-0.25, -0.2) is 4.98 Å². The van der Waals surface area contributed by atoms with Crippen molar-refractivity contribution < 1.29 is 52.1 Å². The van der Waals surface area contributed by atoms with Gasteiger partial charge in [-0.05, 0) is 47.0 Å². The Balaban J connectivity index is 1.57. The number of nitrogens with zero attached hydrogens (tertiary/aromatic N) is 2. The summed E-state index contributed by atoms with van der Waals surface area (Å²) < 4.78 is 44.3. The number of amides is 2. The summed E-state index contributed by atoms with van der Waals surface area (Å²) in [4.78, 5) is 68.2. The van der Waals surface area contributed by atoms with Crippen molar-refractivity contribution in [1.82, 2.24) is 9.88 Å². The molecule has 15 heteroatoms. The number of carboxylic acid groups (broad SMARTS) is 2. The Hall–Kier alpha value is -5.57. The topological polar surface area (TPSA) is 163 Å². The van der Waals surface area contributed by atoms with E-state index in [0.29, 0.717) is 11.1 Å². The number of halogens is 3. The summed E-state index contributed by atoms with van der Waals surface area (Å²) in [6.07, 6.45) is -3.79. The average molecular weight is 670 g/mol. The molecular formula is C32H26F3N3O8S. The summed E-state index contributed by atoms with van der Waals surface area (Å²) in [5, 5.41) is 23.2. The molecule has 2 amide bonds. The van der Waals surface area contributed by atoms with Gasteiger partial charge in [-0.3, -0.25) is 24.0 Å². The summed E-state index contributed by atoms with van der Waals surface area (Å²) in [5.74, 6) is -5.75. The molecule has 47 heavy (non-hydrogen) atoms. The van der Waals surface area contributed by atoms with Gasteiger partial charge in [0.05, 0.1) is 23.2 Å². The first-order valence-electron chi connectivity index (χ1n) is 13.6. The van der Waals surface area contributed by atoms with Crippen molar-refractivity contribution in [3.05, 3.63) is 106 Å². The summed E-state index contributed by atoms with van der Waals surface area (Å²) in [6, 6.07) is 14.6. The van der Waals surface area contributed by atoms with Crippen LogP contribution in [0.1, 0.15) is 36.9 Å². The van der Waals surface area contributed by atoms with Crippen molar-refractivity contribution in [2.45, 2.75) is 18.0 Å². The van der Waals surface area contributed by atoms with Crippen LogP contribution in [0, 0.1) is 0 Å². The minimum atomic E-state index is -4.53. The van der Waals surface area contributed by atoms with Crippen LogP contribution in [0.3, 0.4) is 0 Å². The third kappa shape index (κ3) is 7.47. The number of benzene rings is 3. The Morgan fingerprint density at radius 1 is 0.915 bits per heavy atom. The van der Waals surface area contributed by atoms with Gasteiger partial charge in [-0.15, -0.1) is 11.3 Å². The summed E-state index contributed by atoms with van der Waals surface area (Å²) in [6.45, 7) is -1.04. The number of hydrogen-bond donors (Lipinski definition) is 3. The Morgan fingerprint density at radius 2 is 1.57 bits per heavy atom. The lowest BCUT2D eigenvalue weighted by molar-refractivity contribution is -0.164. The van der Waals surface area contributed by atoms with Gasteiger partial charge >= 0.3 is 24.1 Å². The molecule has 0 bridgehead atoms. The van der Waals surface area contributed by atoms with E-state index in [1.165, 1.54) is 67.0 Å². The SMILES string of the molecule is CN(C)C(=O)c1cc(CC(=O)OCC(C(=O)O)(C(=O)O)c2nccs2)ccc1NC(=O)c1ccccc1-c1ccc(C(F)(F)F)cc1. The van der Waals surface area contributed by atoms with Gasteiger partial charge in [0.1, 0.15) is 11.6 Å². The molecule has 0 unspecified atom stereocenters. The van der Waals surface area contributed by atoms with Gasteiger partial charge < -0.3 is 25.2 Å². The molecule has 0 fully saturated rings. The lowest BCUT2D eigenvalue weighted by Crippen LogP contribution is -2.48. The monoisotopic (exact) mass is 669 g/mol. The number of anilines is 1. The lowest BCUT2D eigenvalue weighted by atomic mass is 9.90. The highest BCUT2D eigenvalue weighted by atomic mass is 32.1. The maximum atomic E-state index is 13.4. The highest BCUT2D eigenvalue weighted by Crippen LogP contribution is 2.33. The molecule has 0 radical (unpaired) electrons. The van der Waals surface area contributed by atoms with Crippen molar-refractivity contribution in [3.63, 3.8) is 0 Å². The van der Waals surface area contributed by atoms with Crippen molar-refractivity contribution in [3.8, 4) is 11.1 Å². The third-order valence-electron chi connectivity index (χ3n) is 6.99. The van der Waals surface area contributed by atoms with Gasteiger partial charge in [0.25, 0.3) is 11.8 Å². The fourth-order valence-corrected chi connectivity index (χ4v) is 5.30. The second kappa shape index (κ2) is 13.8. The molecule has 0 atom stereocenters. The van der Waals surface area contributed by atoms with Crippen molar-refractivity contribution in [2.75, 3.05) is 26.0 Å². The zero-order chi connectivity index (χ0) is 34.5. The molecule has 0 aliphatic rings. The van der Waals surface area contributed by atoms with Crippen LogP contribution in [-0.2, 0) is 37.1 Å². The number of rotatable bonds is 11. The first-order valence-corrected chi connectivity index (χ1v) is 14.5. The fourth-order valence-electron chi connectivity index (χ4n) is 4.49. The first kappa shape index (κ1) is 34.3. The number of aromatic nitrogens is 1. The molecule has 0 aliphatic heterocycles. The van der Waals surface area contributed by atoms with Gasteiger partial charge in [-0.2, -0.15) is 13.2 Å². The maximum absolute atomic E-state index is 13.4. The van der Waals surface area contributed by atoms with Crippen molar-refractivity contribution in [1.29, 1.82) is 0 Å². The van der Waals surface area contributed by atoms with Gasteiger partial charge in [0, 0.05) is 31.2 Å². The van der Waals surface area contributed by atoms with Crippen LogP contribution < -0.4 is 5.32 Å². The van der Waals surface area contributed by atoms with Crippen LogP contribution in [0.25, 0.3) is 11.1 Å². The quantitative estimate of drug-likeness (QED) is 0.148.